The van der Waals surface area contributed by atoms with Crippen molar-refractivity contribution in [1.82, 2.24) is 30.3 Å². The van der Waals surface area contributed by atoms with E-state index in [0.717, 1.165) is 5.69 Å². The Labute approximate surface area is 143 Å². The van der Waals surface area contributed by atoms with E-state index in [1.165, 1.54) is 11.8 Å². The number of hydrogen-bond donors (Lipinski definition) is 1. The molecule has 1 amide bonds. The van der Waals surface area contributed by atoms with Crippen LogP contribution in [-0.2, 0) is 5.75 Å². The van der Waals surface area contributed by atoms with Crippen LogP contribution >= 0.6 is 11.8 Å². The van der Waals surface area contributed by atoms with Crippen molar-refractivity contribution in [1.29, 1.82) is 0 Å². The fourth-order valence-electron chi connectivity index (χ4n) is 2.12. The van der Waals surface area contributed by atoms with E-state index in [4.69, 9.17) is 0 Å². The molecule has 1 N–H and O–H groups in total. The first kappa shape index (κ1) is 16.1. The fraction of sp³-hybridized carbons (Fsp3) is 0.188. The maximum atomic E-state index is 12.3. The lowest BCUT2D eigenvalue weighted by Gasteiger charge is -2.07. The topological polar surface area (TPSA) is 85.6 Å². The predicted molar refractivity (Wildman–Crippen MR) is 91.0 cm³/mol. The molecule has 0 aliphatic carbocycles. The van der Waals surface area contributed by atoms with Crippen LogP contribution in [-0.4, -0.2) is 37.4 Å². The second-order valence-electron chi connectivity index (χ2n) is 4.81. The Hall–Kier alpha value is -2.74. The summed E-state index contributed by atoms with van der Waals surface area (Å²) in [5, 5.41) is 11.6. The molecule has 0 spiro atoms. The van der Waals surface area contributed by atoms with Crippen molar-refractivity contribution in [3.63, 3.8) is 0 Å². The Morgan fingerprint density at radius 1 is 1.17 bits per heavy atom. The minimum Gasteiger partial charge on any atom is -0.351 e. The van der Waals surface area contributed by atoms with E-state index < -0.39 is 0 Å². The van der Waals surface area contributed by atoms with E-state index in [-0.39, 0.29) is 5.91 Å². The zero-order chi connectivity index (χ0) is 16.8. The maximum Gasteiger partial charge on any atom is 0.273 e. The van der Waals surface area contributed by atoms with Gasteiger partial charge in [-0.3, -0.25) is 4.79 Å². The molecule has 3 rings (SSSR count). The van der Waals surface area contributed by atoms with Crippen LogP contribution in [0.15, 0.2) is 53.9 Å². The quantitative estimate of drug-likeness (QED) is 0.546. The van der Waals surface area contributed by atoms with Gasteiger partial charge in [0.15, 0.2) is 10.9 Å². The monoisotopic (exact) mass is 340 g/mol. The molecule has 3 aromatic rings. The summed E-state index contributed by atoms with van der Waals surface area (Å²) < 4.78 is 1.68. The van der Waals surface area contributed by atoms with Gasteiger partial charge in [0, 0.05) is 24.7 Å². The normalized spacial score (nSPS) is 10.5. The average Bonchev–Trinajstić information content (AvgIpc) is 3.06. The summed E-state index contributed by atoms with van der Waals surface area (Å²) in [4.78, 5) is 20.6. The van der Waals surface area contributed by atoms with Crippen LogP contribution in [0, 0.1) is 0 Å². The van der Waals surface area contributed by atoms with E-state index in [1.807, 2.05) is 37.3 Å². The number of aromatic nitrogens is 5. The Kier molecular flexibility index (Phi) is 5.17. The average molecular weight is 340 g/mol. The largest absolute Gasteiger partial charge is 0.351 e. The van der Waals surface area contributed by atoms with Crippen molar-refractivity contribution in [2.45, 2.75) is 17.8 Å². The smallest absolute Gasteiger partial charge is 0.273 e. The van der Waals surface area contributed by atoms with Gasteiger partial charge in [0.2, 0.25) is 0 Å². The fourth-order valence-corrected chi connectivity index (χ4v) is 2.92. The van der Waals surface area contributed by atoms with Crippen LogP contribution in [0.1, 0.15) is 23.1 Å². The first-order valence-corrected chi connectivity index (χ1v) is 8.46. The van der Waals surface area contributed by atoms with Gasteiger partial charge in [-0.15, -0.1) is 5.10 Å². The third kappa shape index (κ3) is 3.60. The van der Waals surface area contributed by atoms with Crippen LogP contribution < -0.4 is 5.32 Å². The molecule has 0 aliphatic rings. The first-order chi connectivity index (χ1) is 11.8. The SMILES string of the molecule is CCNC(=O)c1nnn(-c2ccccc2)c1CSc1ncccn1. The minimum atomic E-state index is -0.232. The van der Waals surface area contributed by atoms with Gasteiger partial charge in [0.05, 0.1) is 11.4 Å². The second kappa shape index (κ2) is 7.69. The summed E-state index contributed by atoms with van der Waals surface area (Å²) in [7, 11) is 0. The predicted octanol–water partition coefficient (Wildman–Crippen LogP) is 2.10. The molecule has 24 heavy (non-hydrogen) atoms. The summed E-state index contributed by atoms with van der Waals surface area (Å²) in [5.74, 6) is 0.252. The molecule has 0 aliphatic heterocycles. The number of carbonyl (C=O) groups is 1. The van der Waals surface area contributed by atoms with Crippen LogP contribution in [0.25, 0.3) is 5.69 Å². The van der Waals surface area contributed by atoms with E-state index >= 15 is 0 Å². The molecule has 0 atom stereocenters. The number of amides is 1. The highest BCUT2D eigenvalue weighted by molar-refractivity contribution is 7.98. The Morgan fingerprint density at radius 3 is 2.62 bits per heavy atom. The molecule has 0 saturated heterocycles. The van der Waals surface area contributed by atoms with Crippen molar-refractivity contribution in [2.75, 3.05) is 6.54 Å². The van der Waals surface area contributed by atoms with E-state index in [9.17, 15) is 4.79 Å². The van der Waals surface area contributed by atoms with Crippen molar-refractivity contribution in [3.8, 4) is 5.69 Å². The lowest BCUT2D eigenvalue weighted by Crippen LogP contribution is -2.24. The Bertz CT molecular complexity index is 806. The molecular weight excluding hydrogens is 324 g/mol. The third-order valence-corrected chi connectivity index (χ3v) is 4.08. The molecule has 0 fully saturated rings. The Balaban J connectivity index is 1.93. The molecule has 2 heterocycles. The van der Waals surface area contributed by atoms with Crippen molar-refractivity contribution in [2.24, 2.45) is 0 Å². The van der Waals surface area contributed by atoms with Gasteiger partial charge in [-0.2, -0.15) is 0 Å². The molecule has 1 aromatic carbocycles. The molecule has 7 nitrogen and oxygen atoms in total. The Morgan fingerprint density at radius 2 is 1.92 bits per heavy atom. The summed E-state index contributed by atoms with van der Waals surface area (Å²) in [5.41, 5.74) is 1.89. The number of thioether (sulfide) groups is 1. The summed E-state index contributed by atoms with van der Waals surface area (Å²) in [6, 6.07) is 11.4. The van der Waals surface area contributed by atoms with Gasteiger partial charge < -0.3 is 5.32 Å². The van der Waals surface area contributed by atoms with E-state index in [1.54, 1.807) is 23.1 Å². The summed E-state index contributed by atoms with van der Waals surface area (Å²) in [6.07, 6.45) is 3.37. The van der Waals surface area contributed by atoms with Gasteiger partial charge in [0.25, 0.3) is 5.91 Å². The third-order valence-electron chi connectivity index (χ3n) is 3.20. The van der Waals surface area contributed by atoms with Crippen molar-refractivity contribution in [3.05, 3.63) is 60.2 Å². The summed E-state index contributed by atoms with van der Waals surface area (Å²) >= 11 is 1.43. The highest BCUT2D eigenvalue weighted by Gasteiger charge is 2.20. The maximum absolute atomic E-state index is 12.3. The number of para-hydroxylation sites is 1. The van der Waals surface area contributed by atoms with Crippen molar-refractivity contribution < 1.29 is 4.79 Å². The molecule has 8 heteroatoms. The van der Waals surface area contributed by atoms with Gasteiger partial charge in [-0.1, -0.05) is 35.2 Å². The first-order valence-electron chi connectivity index (χ1n) is 7.47. The second-order valence-corrected chi connectivity index (χ2v) is 5.75. The van der Waals surface area contributed by atoms with E-state index in [0.29, 0.717) is 28.8 Å². The van der Waals surface area contributed by atoms with Crippen LogP contribution in [0.5, 0.6) is 0 Å². The van der Waals surface area contributed by atoms with E-state index in [2.05, 4.69) is 25.6 Å². The van der Waals surface area contributed by atoms with Crippen LogP contribution in [0.4, 0.5) is 0 Å². The molecular formula is C16H16N6OS. The lowest BCUT2D eigenvalue weighted by atomic mass is 10.3. The molecule has 0 bridgehead atoms. The molecule has 0 unspecified atom stereocenters. The molecule has 0 radical (unpaired) electrons. The van der Waals surface area contributed by atoms with Gasteiger partial charge in [0.1, 0.15) is 0 Å². The zero-order valence-corrected chi connectivity index (χ0v) is 13.9. The van der Waals surface area contributed by atoms with Crippen molar-refractivity contribution >= 4 is 17.7 Å². The number of nitrogens with one attached hydrogen (secondary N) is 1. The van der Waals surface area contributed by atoms with Crippen LogP contribution in [0.3, 0.4) is 0 Å². The molecule has 0 saturated carbocycles. The standard InChI is InChI=1S/C16H16N6OS/c1-2-17-15(23)14-13(11-24-16-18-9-6-10-19-16)22(21-20-14)12-7-4-3-5-8-12/h3-10H,2,11H2,1H3,(H,17,23). The summed E-state index contributed by atoms with van der Waals surface area (Å²) in [6.45, 7) is 2.40. The number of benzene rings is 1. The molecule has 122 valence electrons. The van der Waals surface area contributed by atoms with Crippen LogP contribution in [0.2, 0.25) is 0 Å². The highest BCUT2D eigenvalue weighted by Crippen LogP contribution is 2.22. The number of nitrogens with zero attached hydrogens (tertiary/aromatic N) is 5. The highest BCUT2D eigenvalue weighted by atomic mass is 32.2. The number of carbonyl (C=O) groups excluding carboxylic acids is 1. The number of rotatable bonds is 6. The lowest BCUT2D eigenvalue weighted by molar-refractivity contribution is 0.0950. The van der Waals surface area contributed by atoms with Gasteiger partial charge in [-0.25, -0.2) is 14.6 Å². The number of hydrogen-bond acceptors (Lipinski definition) is 6. The molecule has 2 aromatic heterocycles. The minimum absolute atomic E-state index is 0.232. The van der Waals surface area contributed by atoms with Gasteiger partial charge >= 0.3 is 0 Å². The zero-order valence-electron chi connectivity index (χ0n) is 13.1. The van der Waals surface area contributed by atoms with Gasteiger partial charge in [-0.05, 0) is 25.1 Å².